The Morgan fingerprint density at radius 3 is 1.38 bits per heavy atom. The van der Waals surface area contributed by atoms with Crippen molar-refractivity contribution in [3.8, 4) is 11.5 Å². The Labute approximate surface area is 171 Å². The Morgan fingerprint density at radius 1 is 0.690 bits per heavy atom. The van der Waals surface area contributed by atoms with Crippen molar-refractivity contribution in [2.45, 2.75) is 27.7 Å². The Balaban J connectivity index is 1.59. The molecular weight excluding hydrogens is 364 g/mol. The molecule has 29 heavy (non-hydrogen) atoms. The molecule has 150 valence electrons. The molecular formula is C25H26O4. The molecule has 0 N–H and O–H groups in total. The van der Waals surface area contributed by atoms with Gasteiger partial charge in [0.1, 0.15) is 11.5 Å². The highest BCUT2D eigenvalue weighted by Gasteiger charge is 2.62. The van der Waals surface area contributed by atoms with E-state index in [2.05, 4.69) is 26.0 Å². The molecule has 2 bridgehead atoms. The van der Waals surface area contributed by atoms with Crippen molar-refractivity contribution in [1.29, 1.82) is 0 Å². The molecule has 1 fully saturated rings. The summed E-state index contributed by atoms with van der Waals surface area (Å²) in [6, 6.07) is 14.7. The average molecular weight is 390 g/mol. The second-order valence-electron chi connectivity index (χ2n) is 8.78. The molecule has 2 aromatic rings. The number of hydrogen-bond acceptors (Lipinski definition) is 4. The SMILES string of the molecule is Cc1ccc(OC(=O)C2C(C(=O)Oc3ccc(C)cc3)C3C=CC2C3(C)C)cc1. The highest BCUT2D eigenvalue weighted by Crippen LogP contribution is 2.60. The standard InChI is InChI=1S/C25H26O4/c1-15-5-9-17(10-6-15)28-23(26)21-19-13-14-20(25(19,3)4)22(21)24(27)29-18-11-7-16(2)8-12-18/h5-14,19-22H,1-4H3. The minimum absolute atomic E-state index is 0.0546. The molecule has 0 aliphatic heterocycles. The monoisotopic (exact) mass is 390 g/mol. The minimum atomic E-state index is -0.556. The maximum Gasteiger partial charge on any atom is 0.315 e. The number of aryl methyl sites for hydroxylation is 2. The minimum Gasteiger partial charge on any atom is -0.426 e. The molecule has 0 radical (unpaired) electrons. The molecule has 0 aromatic heterocycles. The van der Waals surface area contributed by atoms with E-state index in [4.69, 9.17) is 9.47 Å². The van der Waals surface area contributed by atoms with Gasteiger partial charge in [0.2, 0.25) is 0 Å². The summed E-state index contributed by atoms with van der Waals surface area (Å²) in [5.74, 6) is -0.971. The Hall–Kier alpha value is -2.88. The van der Waals surface area contributed by atoms with Gasteiger partial charge in [-0.2, -0.15) is 0 Å². The van der Waals surface area contributed by atoms with Crippen molar-refractivity contribution in [2.75, 3.05) is 0 Å². The fraction of sp³-hybridized carbons (Fsp3) is 0.360. The third-order valence-electron chi connectivity index (χ3n) is 6.43. The molecule has 0 amide bonds. The second kappa shape index (κ2) is 7.18. The van der Waals surface area contributed by atoms with Crippen LogP contribution in [0.2, 0.25) is 0 Å². The van der Waals surface area contributed by atoms with Crippen molar-refractivity contribution in [2.24, 2.45) is 29.1 Å². The van der Waals surface area contributed by atoms with Gasteiger partial charge in [-0.25, -0.2) is 0 Å². The zero-order valence-electron chi connectivity index (χ0n) is 17.2. The predicted octanol–water partition coefficient (Wildman–Crippen LogP) is 4.89. The van der Waals surface area contributed by atoms with Crippen LogP contribution in [-0.2, 0) is 9.59 Å². The van der Waals surface area contributed by atoms with Crippen molar-refractivity contribution in [3.05, 3.63) is 71.8 Å². The van der Waals surface area contributed by atoms with Gasteiger partial charge in [-0.1, -0.05) is 61.4 Å². The van der Waals surface area contributed by atoms with Crippen molar-refractivity contribution in [3.63, 3.8) is 0 Å². The lowest BCUT2D eigenvalue weighted by Crippen LogP contribution is -2.37. The van der Waals surface area contributed by atoms with Gasteiger partial charge in [0.05, 0.1) is 11.8 Å². The highest BCUT2D eigenvalue weighted by molar-refractivity contribution is 5.87. The fourth-order valence-corrected chi connectivity index (χ4v) is 4.74. The first-order valence-electron chi connectivity index (χ1n) is 10.0. The lowest BCUT2D eigenvalue weighted by Gasteiger charge is -2.25. The van der Waals surface area contributed by atoms with E-state index in [0.29, 0.717) is 11.5 Å². The third-order valence-corrected chi connectivity index (χ3v) is 6.43. The number of allylic oxidation sites excluding steroid dienone is 2. The van der Waals surface area contributed by atoms with E-state index in [1.54, 1.807) is 24.3 Å². The van der Waals surface area contributed by atoms with Crippen LogP contribution in [0.15, 0.2) is 60.7 Å². The van der Waals surface area contributed by atoms with E-state index in [1.165, 1.54) is 0 Å². The zero-order chi connectivity index (χ0) is 20.8. The summed E-state index contributed by atoms with van der Waals surface area (Å²) in [7, 11) is 0. The van der Waals surface area contributed by atoms with Crippen LogP contribution in [0.4, 0.5) is 0 Å². The molecule has 4 unspecified atom stereocenters. The second-order valence-corrected chi connectivity index (χ2v) is 8.78. The summed E-state index contributed by atoms with van der Waals surface area (Å²) in [5.41, 5.74) is 1.98. The predicted molar refractivity (Wildman–Crippen MR) is 111 cm³/mol. The molecule has 4 rings (SSSR count). The van der Waals surface area contributed by atoms with Crippen LogP contribution in [0.25, 0.3) is 0 Å². The number of esters is 2. The summed E-state index contributed by atoms with van der Waals surface area (Å²) in [6.45, 7) is 8.17. The van der Waals surface area contributed by atoms with Gasteiger partial charge in [-0.05, 0) is 55.4 Å². The number of benzene rings is 2. The van der Waals surface area contributed by atoms with Crippen LogP contribution in [0.1, 0.15) is 25.0 Å². The van der Waals surface area contributed by atoms with Crippen molar-refractivity contribution in [1.82, 2.24) is 0 Å². The van der Waals surface area contributed by atoms with Gasteiger partial charge in [0.15, 0.2) is 0 Å². The molecule has 4 atom stereocenters. The molecule has 4 heteroatoms. The van der Waals surface area contributed by atoms with Crippen LogP contribution < -0.4 is 9.47 Å². The smallest absolute Gasteiger partial charge is 0.315 e. The first kappa shape index (κ1) is 19.4. The first-order chi connectivity index (χ1) is 13.8. The van der Waals surface area contributed by atoms with Crippen LogP contribution >= 0.6 is 0 Å². The van der Waals surface area contributed by atoms with Crippen molar-refractivity contribution < 1.29 is 19.1 Å². The maximum atomic E-state index is 13.1. The quantitative estimate of drug-likeness (QED) is 0.424. The largest absolute Gasteiger partial charge is 0.426 e. The molecule has 2 aliphatic rings. The molecule has 2 aliphatic carbocycles. The van der Waals surface area contributed by atoms with Gasteiger partial charge in [0, 0.05) is 0 Å². The van der Waals surface area contributed by atoms with E-state index in [0.717, 1.165) is 11.1 Å². The zero-order valence-corrected chi connectivity index (χ0v) is 17.2. The van der Waals surface area contributed by atoms with Crippen LogP contribution in [0, 0.1) is 42.9 Å². The van der Waals surface area contributed by atoms with Gasteiger partial charge in [-0.3, -0.25) is 9.59 Å². The normalized spacial score (nSPS) is 26.3. The Kier molecular flexibility index (Phi) is 4.81. The highest BCUT2D eigenvalue weighted by atomic mass is 16.5. The molecule has 0 heterocycles. The van der Waals surface area contributed by atoms with E-state index in [9.17, 15) is 9.59 Å². The molecule has 0 spiro atoms. The number of carbonyl (C=O) groups excluding carboxylic acids is 2. The maximum absolute atomic E-state index is 13.1. The van der Waals surface area contributed by atoms with E-state index in [1.807, 2.05) is 38.1 Å². The fourth-order valence-electron chi connectivity index (χ4n) is 4.74. The summed E-state index contributed by atoms with van der Waals surface area (Å²) < 4.78 is 11.3. The first-order valence-corrected chi connectivity index (χ1v) is 10.0. The van der Waals surface area contributed by atoms with E-state index < -0.39 is 11.8 Å². The van der Waals surface area contributed by atoms with Gasteiger partial charge in [-0.15, -0.1) is 0 Å². The summed E-state index contributed by atoms with van der Waals surface area (Å²) in [4.78, 5) is 26.3. The van der Waals surface area contributed by atoms with Crippen molar-refractivity contribution >= 4 is 11.9 Å². The topological polar surface area (TPSA) is 52.6 Å². The van der Waals surface area contributed by atoms with Gasteiger partial charge >= 0.3 is 11.9 Å². The molecule has 0 saturated heterocycles. The van der Waals surface area contributed by atoms with Crippen LogP contribution in [-0.4, -0.2) is 11.9 Å². The summed E-state index contributed by atoms with van der Waals surface area (Å²) in [5, 5.41) is 0. The molecule has 2 aromatic carbocycles. The molecule has 1 saturated carbocycles. The number of fused-ring (bicyclic) bond motifs is 2. The third kappa shape index (κ3) is 3.48. The lowest BCUT2D eigenvalue weighted by atomic mass is 9.79. The number of hydrogen-bond donors (Lipinski definition) is 0. The van der Waals surface area contributed by atoms with Gasteiger partial charge < -0.3 is 9.47 Å². The Bertz CT molecular complexity index is 876. The van der Waals surface area contributed by atoms with Gasteiger partial charge in [0.25, 0.3) is 0 Å². The number of carbonyl (C=O) groups is 2. The van der Waals surface area contributed by atoms with E-state index >= 15 is 0 Å². The summed E-state index contributed by atoms with van der Waals surface area (Å²) in [6.07, 6.45) is 4.11. The molecule has 4 nitrogen and oxygen atoms in total. The number of rotatable bonds is 4. The van der Waals surface area contributed by atoms with Crippen LogP contribution in [0.3, 0.4) is 0 Å². The van der Waals surface area contributed by atoms with E-state index in [-0.39, 0.29) is 29.2 Å². The Morgan fingerprint density at radius 2 is 1.03 bits per heavy atom. The average Bonchev–Trinajstić information content (AvgIpc) is 3.10. The summed E-state index contributed by atoms with van der Waals surface area (Å²) >= 11 is 0. The number of ether oxygens (including phenoxy) is 2. The lowest BCUT2D eigenvalue weighted by molar-refractivity contribution is -0.151. The van der Waals surface area contributed by atoms with Crippen LogP contribution in [0.5, 0.6) is 11.5 Å².